The van der Waals surface area contributed by atoms with E-state index < -0.39 is 0 Å². The molecule has 0 fully saturated rings. The number of rotatable bonds is 9. The minimum Gasteiger partial charge on any atom is -0.350 e. The van der Waals surface area contributed by atoms with Crippen LogP contribution in [-0.4, -0.2) is 23.3 Å². The second kappa shape index (κ2) is 10.1. The molecule has 130 valence electrons. The minimum absolute atomic E-state index is 0.0429. The Balaban J connectivity index is 1.95. The number of hydrogen-bond donors (Lipinski definition) is 1. The van der Waals surface area contributed by atoms with Gasteiger partial charge in [0, 0.05) is 19.5 Å². The summed E-state index contributed by atoms with van der Waals surface area (Å²) < 4.78 is 0. The minimum atomic E-state index is -0.160. The summed E-state index contributed by atoms with van der Waals surface area (Å²) in [5.41, 5.74) is 2.04. The average molecular weight is 336 g/mol. The summed E-state index contributed by atoms with van der Waals surface area (Å²) in [4.78, 5) is 26.3. The van der Waals surface area contributed by atoms with Crippen molar-refractivity contribution in [1.82, 2.24) is 10.2 Å². The van der Waals surface area contributed by atoms with Gasteiger partial charge in [-0.05, 0) is 17.5 Å². The first-order valence-electron chi connectivity index (χ1n) is 8.42. The maximum Gasteiger partial charge on any atom is 0.239 e. The topological polar surface area (TPSA) is 49.4 Å². The summed E-state index contributed by atoms with van der Waals surface area (Å²) in [5.74, 6) is -0.203. The lowest BCUT2D eigenvalue weighted by Gasteiger charge is -2.22. The second-order valence-electron chi connectivity index (χ2n) is 5.83. The second-order valence-corrected chi connectivity index (χ2v) is 5.83. The van der Waals surface area contributed by atoms with Crippen LogP contribution in [0.2, 0.25) is 0 Å². The van der Waals surface area contributed by atoms with Crippen LogP contribution in [-0.2, 0) is 22.7 Å². The highest BCUT2D eigenvalue weighted by Crippen LogP contribution is 2.07. The molecule has 0 aliphatic heterocycles. The van der Waals surface area contributed by atoms with Gasteiger partial charge < -0.3 is 10.2 Å². The van der Waals surface area contributed by atoms with Gasteiger partial charge in [-0.25, -0.2) is 0 Å². The number of carbonyl (C=O) groups excluding carboxylic acids is 2. The van der Waals surface area contributed by atoms with Gasteiger partial charge in [-0.2, -0.15) is 0 Å². The maximum absolute atomic E-state index is 12.4. The molecular formula is C21H24N2O2. The van der Waals surface area contributed by atoms with E-state index in [1.165, 1.54) is 0 Å². The monoisotopic (exact) mass is 336 g/mol. The number of nitrogens with zero attached hydrogens (tertiary/aromatic N) is 1. The van der Waals surface area contributed by atoms with E-state index >= 15 is 0 Å². The van der Waals surface area contributed by atoms with Crippen molar-refractivity contribution < 1.29 is 9.59 Å². The molecule has 0 radical (unpaired) electrons. The van der Waals surface area contributed by atoms with Crippen molar-refractivity contribution in [3.63, 3.8) is 0 Å². The SMILES string of the molecule is C=CCCC(=O)N(CC(=O)NCc1ccccc1)Cc1ccccc1. The normalized spacial score (nSPS) is 10.1. The Labute approximate surface area is 149 Å². The predicted octanol–water partition coefficient (Wildman–Crippen LogP) is 3.30. The van der Waals surface area contributed by atoms with E-state index in [4.69, 9.17) is 0 Å². The fraction of sp³-hybridized carbons (Fsp3) is 0.238. The molecule has 0 atom stereocenters. The first-order valence-corrected chi connectivity index (χ1v) is 8.42. The van der Waals surface area contributed by atoms with E-state index in [-0.39, 0.29) is 18.4 Å². The smallest absolute Gasteiger partial charge is 0.239 e. The van der Waals surface area contributed by atoms with Gasteiger partial charge in [0.1, 0.15) is 0 Å². The van der Waals surface area contributed by atoms with Crippen LogP contribution in [0, 0.1) is 0 Å². The van der Waals surface area contributed by atoms with Gasteiger partial charge in [-0.1, -0.05) is 66.7 Å². The van der Waals surface area contributed by atoms with Gasteiger partial charge in [-0.3, -0.25) is 9.59 Å². The van der Waals surface area contributed by atoms with Crippen LogP contribution in [0.25, 0.3) is 0 Å². The third kappa shape index (κ3) is 6.63. The van der Waals surface area contributed by atoms with Gasteiger partial charge >= 0.3 is 0 Å². The van der Waals surface area contributed by atoms with Crippen molar-refractivity contribution in [2.24, 2.45) is 0 Å². The van der Waals surface area contributed by atoms with Crippen molar-refractivity contribution in [2.45, 2.75) is 25.9 Å². The summed E-state index contributed by atoms with van der Waals surface area (Å²) >= 11 is 0. The number of benzene rings is 2. The summed E-state index contributed by atoms with van der Waals surface area (Å²) in [6.07, 6.45) is 2.69. The fourth-order valence-corrected chi connectivity index (χ4v) is 2.45. The highest BCUT2D eigenvalue weighted by molar-refractivity contribution is 5.84. The van der Waals surface area contributed by atoms with E-state index in [2.05, 4.69) is 11.9 Å². The lowest BCUT2D eigenvalue weighted by atomic mass is 10.2. The predicted molar refractivity (Wildman–Crippen MR) is 99.6 cm³/mol. The molecule has 0 aliphatic rings. The van der Waals surface area contributed by atoms with Crippen molar-refractivity contribution >= 4 is 11.8 Å². The van der Waals surface area contributed by atoms with Crippen molar-refractivity contribution in [2.75, 3.05) is 6.54 Å². The van der Waals surface area contributed by atoms with E-state index in [0.29, 0.717) is 25.9 Å². The third-order valence-corrected chi connectivity index (χ3v) is 3.80. The van der Waals surface area contributed by atoms with Crippen molar-refractivity contribution in [3.8, 4) is 0 Å². The number of hydrogen-bond acceptors (Lipinski definition) is 2. The van der Waals surface area contributed by atoms with E-state index in [9.17, 15) is 9.59 Å². The first kappa shape index (κ1) is 18.5. The van der Waals surface area contributed by atoms with Crippen molar-refractivity contribution in [3.05, 3.63) is 84.4 Å². The molecule has 0 unspecified atom stereocenters. The zero-order chi connectivity index (χ0) is 17.9. The molecule has 2 amide bonds. The van der Waals surface area contributed by atoms with Gasteiger partial charge in [0.15, 0.2) is 0 Å². The lowest BCUT2D eigenvalue weighted by Crippen LogP contribution is -2.40. The highest BCUT2D eigenvalue weighted by Gasteiger charge is 2.17. The molecule has 0 spiro atoms. The first-order chi connectivity index (χ1) is 12.2. The number of carbonyl (C=O) groups is 2. The Morgan fingerprint density at radius 3 is 2.16 bits per heavy atom. The Hall–Kier alpha value is -2.88. The van der Waals surface area contributed by atoms with E-state index in [1.807, 2.05) is 60.7 Å². The van der Waals surface area contributed by atoms with Crippen LogP contribution in [0.15, 0.2) is 73.3 Å². The maximum atomic E-state index is 12.4. The number of nitrogens with one attached hydrogen (secondary N) is 1. The summed E-state index contributed by atoms with van der Waals surface area (Å²) in [6.45, 7) is 4.59. The van der Waals surface area contributed by atoms with Crippen LogP contribution < -0.4 is 5.32 Å². The van der Waals surface area contributed by atoms with E-state index in [1.54, 1.807) is 11.0 Å². The molecule has 1 N–H and O–H groups in total. The standard InChI is InChI=1S/C21H24N2O2/c1-2-3-14-21(25)23(16-19-12-8-5-9-13-19)17-20(24)22-15-18-10-6-4-7-11-18/h2,4-13H,1,3,14-17H2,(H,22,24). The lowest BCUT2D eigenvalue weighted by molar-refractivity contribution is -0.136. The van der Waals surface area contributed by atoms with E-state index in [0.717, 1.165) is 11.1 Å². The Bertz CT molecular complexity index is 684. The zero-order valence-electron chi connectivity index (χ0n) is 14.4. The number of amides is 2. The largest absolute Gasteiger partial charge is 0.350 e. The third-order valence-electron chi connectivity index (χ3n) is 3.80. The van der Waals surface area contributed by atoms with Crippen LogP contribution in [0.3, 0.4) is 0 Å². The average Bonchev–Trinajstić information content (AvgIpc) is 2.65. The molecule has 4 heteroatoms. The zero-order valence-corrected chi connectivity index (χ0v) is 14.4. The van der Waals surface area contributed by atoms with Gasteiger partial charge in [0.2, 0.25) is 11.8 Å². The van der Waals surface area contributed by atoms with Crippen molar-refractivity contribution in [1.29, 1.82) is 0 Å². The molecule has 25 heavy (non-hydrogen) atoms. The molecule has 0 aromatic heterocycles. The molecular weight excluding hydrogens is 312 g/mol. The molecule has 2 aromatic rings. The summed E-state index contributed by atoms with van der Waals surface area (Å²) in [6, 6.07) is 19.4. The molecule has 0 saturated carbocycles. The summed E-state index contributed by atoms with van der Waals surface area (Å²) in [7, 11) is 0. The highest BCUT2D eigenvalue weighted by atomic mass is 16.2. The molecule has 0 aliphatic carbocycles. The molecule has 4 nitrogen and oxygen atoms in total. The Morgan fingerprint density at radius 1 is 0.960 bits per heavy atom. The quantitative estimate of drug-likeness (QED) is 0.714. The molecule has 0 bridgehead atoms. The Morgan fingerprint density at radius 2 is 1.56 bits per heavy atom. The fourth-order valence-electron chi connectivity index (χ4n) is 2.45. The molecule has 0 saturated heterocycles. The molecule has 2 rings (SSSR count). The number of allylic oxidation sites excluding steroid dienone is 1. The van der Waals surface area contributed by atoms with Crippen LogP contribution in [0.1, 0.15) is 24.0 Å². The van der Waals surface area contributed by atoms with Gasteiger partial charge in [0.25, 0.3) is 0 Å². The van der Waals surface area contributed by atoms with Gasteiger partial charge in [0.05, 0.1) is 6.54 Å². The molecule has 2 aromatic carbocycles. The van der Waals surface area contributed by atoms with Gasteiger partial charge in [-0.15, -0.1) is 6.58 Å². The molecule has 0 heterocycles. The van der Waals surface area contributed by atoms with Crippen LogP contribution in [0.5, 0.6) is 0 Å². The summed E-state index contributed by atoms with van der Waals surface area (Å²) in [5, 5.41) is 2.87. The Kier molecular flexibility index (Phi) is 7.44. The van der Waals surface area contributed by atoms with Crippen LogP contribution in [0.4, 0.5) is 0 Å². The van der Waals surface area contributed by atoms with Crippen LogP contribution >= 0.6 is 0 Å².